The minimum atomic E-state index is 0.914. The van der Waals surface area contributed by atoms with Crippen LogP contribution in [0, 0.1) is 0 Å². The Balaban J connectivity index is 0.847. The molecule has 0 aliphatic heterocycles. The van der Waals surface area contributed by atoms with Crippen LogP contribution in [0.25, 0.3) is 142 Å². The highest BCUT2D eigenvalue weighted by atomic mass is 14.8. The van der Waals surface area contributed by atoms with Crippen LogP contribution in [0.1, 0.15) is 0 Å². The molecule has 0 atom stereocenters. The quantitative estimate of drug-likeness (QED) is 0.156. The van der Waals surface area contributed by atoms with Crippen molar-refractivity contribution in [1.29, 1.82) is 0 Å². The van der Waals surface area contributed by atoms with E-state index in [0.717, 1.165) is 54.8 Å². The molecule has 14 aromatic rings. The Morgan fingerprint density at radius 3 is 1.11 bits per heavy atom. The lowest BCUT2D eigenvalue weighted by molar-refractivity contribution is 1.31. The molecule has 0 saturated carbocycles. The van der Waals surface area contributed by atoms with E-state index >= 15 is 0 Å². The molecular weight excluding hydrogens is 845 g/mol. The predicted octanol–water partition coefficient (Wildman–Crippen LogP) is 18.6. The maximum atomic E-state index is 4.91. The van der Waals surface area contributed by atoms with Crippen LogP contribution in [0.15, 0.2) is 255 Å². The summed E-state index contributed by atoms with van der Waals surface area (Å²) in [5.41, 5.74) is 16.1. The number of hydrogen-bond donors (Lipinski definition) is 0. The van der Waals surface area contributed by atoms with E-state index in [9.17, 15) is 0 Å². The zero-order chi connectivity index (χ0) is 46.1. The lowest BCUT2D eigenvalue weighted by Crippen LogP contribution is -1.90. The van der Waals surface area contributed by atoms with E-state index < -0.39 is 0 Å². The predicted molar refractivity (Wildman–Crippen MR) is 297 cm³/mol. The van der Waals surface area contributed by atoms with Crippen molar-refractivity contribution < 1.29 is 0 Å². The standard InChI is InChI=1S/C68H42N2/c1-3-22-55-43(12-1)28-31-61-57(26-11-27-59(55)61)52-20-9-18-48(38-52)44-14-7-16-46(36-44)50-29-32-62-65(40-50)66-41-51(30-33-63(66)68-67(62)69-34-35-70-68)47-17-8-15-45(37-47)49-19-10-21-53(39-49)64-42-54-13-2-4-23-56(54)58-24-5-6-25-60(58)64/h1-42H. The lowest BCUT2D eigenvalue weighted by Gasteiger charge is -2.14. The molecule has 0 spiro atoms. The van der Waals surface area contributed by atoms with Crippen LogP contribution in [0.4, 0.5) is 0 Å². The van der Waals surface area contributed by atoms with Gasteiger partial charge in [-0.3, -0.25) is 9.97 Å². The van der Waals surface area contributed by atoms with Gasteiger partial charge in [0.05, 0.1) is 11.0 Å². The Kier molecular flexibility index (Phi) is 9.25. The van der Waals surface area contributed by atoms with Crippen molar-refractivity contribution in [2.24, 2.45) is 0 Å². The van der Waals surface area contributed by atoms with Gasteiger partial charge in [0.25, 0.3) is 0 Å². The van der Waals surface area contributed by atoms with Crippen molar-refractivity contribution in [3.05, 3.63) is 255 Å². The second-order valence-electron chi connectivity index (χ2n) is 18.5. The topological polar surface area (TPSA) is 25.8 Å². The molecule has 2 nitrogen and oxygen atoms in total. The maximum absolute atomic E-state index is 4.91. The minimum absolute atomic E-state index is 0.914. The van der Waals surface area contributed by atoms with Crippen LogP contribution in [-0.4, -0.2) is 9.97 Å². The van der Waals surface area contributed by atoms with E-state index in [-0.39, 0.29) is 0 Å². The molecule has 14 rings (SSSR count). The van der Waals surface area contributed by atoms with Crippen molar-refractivity contribution >= 4 is 75.7 Å². The summed E-state index contributed by atoms with van der Waals surface area (Å²) in [6.07, 6.45) is 3.60. The molecule has 0 fully saturated rings. The summed E-state index contributed by atoms with van der Waals surface area (Å²) in [4.78, 5) is 9.81. The molecule has 70 heavy (non-hydrogen) atoms. The van der Waals surface area contributed by atoms with E-state index in [4.69, 9.17) is 9.97 Å². The maximum Gasteiger partial charge on any atom is 0.0971 e. The highest BCUT2D eigenvalue weighted by molar-refractivity contribution is 6.24. The second-order valence-corrected chi connectivity index (χ2v) is 18.5. The van der Waals surface area contributed by atoms with E-state index in [1.165, 1.54) is 87.6 Å². The molecule has 13 aromatic carbocycles. The number of aromatic nitrogens is 2. The molecule has 324 valence electrons. The third-order valence-electron chi connectivity index (χ3n) is 14.5. The first-order valence-corrected chi connectivity index (χ1v) is 24.0. The number of nitrogens with zero attached hydrogens (tertiary/aromatic N) is 2. The average molecular weight is 887 g/mol. The van der Waals surface area contributed by atoms with Crippen molar-refractivity contribution in [1.82, 2.24) is 9.97 Å². The molecule has 0 saturated heterocycles. The van der Waals surface area contributed by atoms with Gasteiger partial charge in [-0.15, -0.1) is 0 Å². The van der Waals surface area contributed by atoms with Crippen molar-refractivity contribution in [3.63, 3.8) is 0 Å². The van der Waals surface area contributed by atoms with Gasteiger partial charge in [0.15, 0.2) is 0 Å². The third kappa shape index (κ3) is 6.64. The van der Waals surface area contributed by atoms with Gasteiger partial charge in [-0.2, -0.15) is 0 Å². The van der Waals surface area contributed by atoms with Gasteiger partial charge in [-0.25, -0.2) is 0 Å². The molecule has 0 aliphatic rings. The Labute approximate surface area is 405 Å². The largest absolute Gasteiger partial charge is 0.252 e. The molecular formula is C68H42N2. The molecule has 0 aliphatic carbocycles. The molecule has 0 bridgehead atoms. The zero-order valence-electron chi connectivity index (χ0n) is 38.1. The molecule has 2 heteroatoms. The summed E-state index contributed by atoms with van der Waals surface area (Å²) in [5, 5.41) is 14.7. The van der Waals surface area contributed by atoms with Crippen LogP contribution in [0.5, 0.6) is 0 Å². The number of benzene rings is 13. The van der Waals surface area contributed by atoms with Crippen molar-refractivity contribution in [2.45, 2.75) is 0 Å². The fourth-order valence-electron chi connectivity index (χ4n) is 11.1. The highest BCUT2D eigenvalue weighted by Gasteiger charge is 2.16. The van der Waals surface area contributed by atoms with E-state index in [1.54, 1.807) is 12.4 Å². The first kappa shape index (κ1) is 39.9. The molecule has 0 N–H and O–H groups in total. The fraction of sp³-hybridized carbons (Fsp3) is 0. The monoisotopic (exact) mass is 886 g/mol. The van der Waals surface area contributed by atoms with Gasteiger partial charge in [0.2, 0.25) is 0 Å². The third-order valence-corrected chi connectivity index (χ3v) is 14.5. The van der Waals surface area contributed by atoms with E-state index in [1.807, 2.05) is 0 Å². The highest BCUT2D eigenvalue weighted by Crippen LogP contribution is 2.41. The smallest absolute Gasteiger partial charge is 0.0971 e. The Morgan fingerprint density at radius 2 is 0.557 bits per heavy atom. The first-order valence-electron chi connectivity index (χ1n) is 24.0. The van der Waals surface area contributed by atoms with Gasteiger partial charge in [-0.1, -0.05) is 200 Å². The van der Waals surface area contributed by atoms with Gasteiger partial charge in [0, 0.05) is 23.2 Å². The van der Waals surface area contributed by atoms with Gasteiger partial charge < -0.3 is 0 Å². The summed E-state index contributed by atoms with van der Waals surface area (Å²) < 4.78 is 0. The molecule has 0 unspecified atom stereocenters. The van der Waals surface area contributed by atoms with Crippen LogP contribution >= 0.6 is 0 Å². The summed E-state index contributed by atoms with van der Waals surface area (Å²) >= 11 is 0. The average Bonchev–Trinajstić information content (AvgIpc) is 3.44. The van der Waals surface area contributed by atoms with E-state index in [2.05, 4.69) is 243 Å². The van der Waals surface area contributed by atoms with Crippen LogP contribution < -0.4 is 0 Å². The second kappa shape index (κ2) is 16.2. The van der Waals surface area contributed by atoms with Crippen LogP contribution in [-0.2, 0) is 0 Å². The van der Waals surface area contributed by atoms with Crippen LogP contribution in [0.3, 0.4) is 0 Å². The minimum Gasteiger partial charge on any atom is -0.252 e. The Morgan fingerprint density at radius 1 is 0.186 bits per heavy atom. The summed E-state index contributed by atoms with van der Waals surface area (Å²) in [5.74, 6) is 0. The summed E-state index contributed by atoms with van der Waals surface area (Å²) in [6.45, 7) is 0. The normalized spacial score (nSPS) is 11.7. The zero-order valence-corrected chi connectivity index (χ0v) is 38.1. The van der Waals surface area contributed by atoms with Gasteiger partial charge >= 0.3 is 0 Å². The lowest BCUT2D eigenvalue weighted by atomic mass is 9.90. The SMILES string of the molecule is c1cc(-c2cccc(-c3cccc4c3ccc3ccccc34)c2)cc(-c2ccc3c(c2)c2cc(-c4cccc(-c5cccc(-c6cc7ccccc7c7ccccc67)c5)c4)ccc2c2nccnc32)c1. The molecule has 1 heterocycles. The summed E-state index contributed by atoms with van der Waals surface area (Å²) in [6, 6.07) is 89.2. The summed E-state index contributed by atoms with van der Waals surface area (Å²) in [7, 11) is 0. The van der Waals surface area contributed by atoms with Crippen molar-refractivity contribution in [2.75, 3.05) is 0 Å². The Hall–Kier alpha value is -9.24. The number of hydrogen-bond acceptors (Lipinski definition) is 2. The molecule has 0 radical (unpaired) electrons. The fourth-order valence-corrected chi connectivity index (χ4v) is 11.1. The van der Waals surface area contributed by atoms with Crippen LogP contribution in [0.2, 0.25) is 0 Å². The van der Waals surface area contributed by atoms with E-state index in [0.29, 0.717) is 0 Å². The first-order chi connectivity index (χ1) is 34.7. The van der Waals surface area contributed by atoms with Gasteiger partial charge in [0.1, 0.15) is 0 Å². The van der Waals surface area contributed by atoms with Gasteiger partial charge in [-0.05, 0) is 163 Å². The molecule has 0 amide bonds. The van der Waals surface area contributed by atoms with Crippen molar-refractivity contribution in [3.8, 4) is 66.8 Å². The Bertz CT molecular complexity index is 4430. The number of fused-ring (bicyclic) bond motifs is 12. The molecule has 1 aromatic heterocycles. The number of rotatable bonds is 6.